The zero-order valence-corrected chi connectivity index (χ0v) is 12.5. The average Bonchev–Trinajstić information content (AvgIpc) is 2.84. The van der Waals surface area contributed by atoms with E-state index in [1.54, 1.807) is 0 Å². The third-order valence-electron chi connectivity index (χ3n) is 2.98. The summed E-state index contributed by atoms with van der Waals surface area (Å²) in [5.41, 5.74) is -0.191. The van der Waals surface area contributed by atoms with Crippen molar-refractivity contribution in [3.63, 3.8) is 0 Å². The molecule has 0 saturated heterocycles. The smallest absolute Gasteiger partial charge is 0.257 e. The molecule has 1 heterocycles. The van der Waals surface area contributed by atoms with Crippen LogP contribution in [0.25, 0.3) is 0 Å². The van der Waals surface area contributed by atoms with Crippen molar-refractivity contribution in [2.75, 3.05) is 13.2 Å². The first-order valence-corrected chi connectivity index (χ1v) is 7.93. The molecule has 7 heteroatoms. The van der Waals surface area contributed by atoms with E-state index in [0.717, 1.165) is 6.42 Å². The molecule has 6 nitrogen and oxygen atoms in total. The van der Waals surface area contributed by atoms with Crippen LogP contribution in [0.4, 0.5) is 0 Å². The summed E-state index contributed by atoms with van der Waals surface area (Å²) in [6.45, 7) is 6.29. The lowest BCUT2D eigenvalue weighted by Gasteiger charge is -2.24. The van der Waals surface area contributed by atoms with E-state index in [4.69, 9.17) is 5.11 Å². The molecule has 0 bridgehead atoms. The Morgan fingerprint density at radius 3 is 2.68 bits per heavy atom. The third kappa shape index (κ3) is 4.93. The molecule has 0 aliphatic rings. The van der Waals surface area contributed by atoms with E-state index in [-0.39, 0.29) is 17.0 Å². The lowest BCUT2D eigenvalue weighted by Crippen LogP contribution is -2.34. The van der Waals surface area contributed by atoms with Gasteiger partial charge in [0.2, 0.25) is 0 Å². The van der Waals surface area contributed by atoms with Gasteiger partial charge in [-0.2, -0.15) is 0 Å². The number of nitrogens with zero attached hydrogens (tertiary/aromatic N) is 1. The van der Waals surface area contributed by atoms with Crippen LogP contribution in [0.3, 0.4) is 0 Å². The van der Waals surface area contributed by atoms with Crippen LogP contribution >= 0.6 is 0 Å². The lowest BCUT2D eigenvalue weighted by atomic mass is 9.88. The van der Waals surface area contributed by atoms with E-state index >= 15 is 0 Å². The van der Waals surface area contributed by atoms with Gasteiger partial charge in [0.15, 0.2) is 5.03 Å². The van der Waals surface area contributed by atoms with Gasteiger partial charge in [0.1, 0.15) is 5.82 Å². The fourth-order valence-electron chi connectivity index (χ4n) is 1.67. The van der Waals surface area contributed by atoms with Crippen LogP contribution in [-0.2, 0) is 16.4 Å². The molecule has 0 aliphatic heterocycles. The lowest BCUT2D eigenvalue weighted by molar-refractivity contribution is 0.242. The van der Waals surface area contributed by atoms with Gasteiger partial charge in [-0.1, -0.05) is 20.8 Å². The van der Waals surface area contributed by atoms with Crippen LogP contribution in [0.5, 0.6) is 0 Å². The number of aliphatic hydroxyl groups is 1. The predicted octanol–water partition coefficient (Wildman–Crippen LogP) is 1.05. The molecule has 0 saturated carbocycles. The van der Waals surface area contributed by atoms with Gasteiger partial charge in [-0.3, -0.25) is 0 Å². The molecule has 19 heavy (non-hydrogen) atoms. The zero-order valence-electron chi connectivity index (χ0n) is 11.7. The van der Waals surface area contributed by atoms with Gasteiger partial charge in [-0.05, 0) is 18.3 Å². The van der Waals surface area contributed by atoms with Crippen molar-refractivity contribution in [3.05, 3.63) is 12.0 Å². The highest BCUT2D eigenvalue weighted by Gasteiger charge is 2.23. The number of aromatic amines is 1. The van der Waals surface area contributed by atoms with E-state index in [9.17, 15) is 8.42 Å². The molecule has 0 aliphatic carbocycles. The molecule has 0 amide bonds. The first kappa shape index (κ1) is 16.1. The molecule has 1 rings (SSSR count). The van der Waals surface area contributed by atoms with Crippen molar-refractivity contribution in [1.82, 2.24) is 14.7 Å². The number of aliphatic hydroxyl groups excluding tert-OH is 1. The summed E-state index contributed by atoms with van der Waals surface area (Å²) in [5.74, 6) is 0.653. The molecule has 0 fully saturated rings. The van der Waals surface area contributed by atoms with E-state index in [0.29, 0.717) is 25.2 Å². The minimum Gasteiger partial charge on any atom is -0.396 e. The quantitative estimate of drug-likeness (QED) is 0.666. The van der Waals surface area contributed by atoms with Crippen molar-refractivity contribution < 1.29 is 13.5 Å². The van der Waals surface area contributed by atoms with E-state index < -0.39 is 10.0 Å². The first-order chi connectivity index (χ1) is 8.80. The number of aromatic nitrogens is 2. The highest BCUT2D eigenvalue weighted by atomic mass is 32.2. The molecule has 110 valence electrons. The molecule has 0 unspecified atom stereocenters. The Morgan fingerprint density at radius 1 is 1.47 bits per heavy atom. The highest BCUT2D eigenvalue weighted by molar-refractivity contribution is 7.89. The van der Waals surface area contributed by atoms with Crippen molar-refractivity contribution in [2.45, 2.75) is 45.1 Å². The maximum absolute atomic E-state index is 12.1. The number of sulfonamides is 1. The minimum absolute atomic E-state index is 0.0994. The number of H-pyrrole nitrogens is 1. The normalized spacial score (nSPS) is 12.8. The largest absolute Gasteiger partial charge is 0.396 e. The molecular weight excluding hydrogens is 266 g/mol. The van der Waals surface area contributed by atoms with Crippen LogP contribution in [0.1, 0.15) is 39.4 Å². The fourth-order valence-corrected chi connectivity index (χ4v) is 2.85. The number of hydrogen-bond donors (Lipinski definition) is 3. The van der Waals surface area contributed by atoms with E-state index in [1.807, 2.05) is 20.8 Å². The van der Waals surface area contributed by atoms with Crippen molar-refractivity contribution in [2.24, 2.45) is 5.41 Å². The summed E-state index contributed by atoms with van der Waals surface area (Å²) >= 11 is 0. The third-order valence-corrected chi connectivity index (χ3v) is 4.29. The fraction of sp³-hybridized carbons (Fsp3) is 0.750. The highest BCUT2D eigenvalue weighted by Crippen LogP contribution is 2.21. The summed E-state index contributed by atoms with van der Waals surface area (Å²) in [5, 5.41) is 8.91. The molecule has 3 N–H and O–H groups in total. The Kier molecular flexibility index (Phi) is 5.51. The van der Waals surface area contributed by atoms with Crippen LogP contribution in [-0.4, -0.2) is 36.6 Å². The minimum atomic E-state index is -3.54. The topological polar surface area (TPSA) is 95.1 Å². The number of imidazole rings is 1. The Bertz CT molecular complexity index is 494. The second-order valence-corrected chi connectivity index (χ2v) is 7.10. The summed E-state index contributed by atoms with van der Waals surface area (Å²) in [6.07, 6.45) is 3.42. The SMILES string of the molecule is CCc1ncc(S(=O)(=O)NCC(C)(C)CCCO)[nH]1. The molecule has 0 radical (unpaired) electrons. The van der Waals surface area contributed by atoms with Crippen molar-refractivity contribution >= 4 is 10.0 Å². The van der Waals surface area contributed by atoms with Gasteiger partial charge in [0.05, 0.1) is 6.20 Å². The summed E-state index contributed by atoms with van der Waals surface area (Å²) in [6, 6.07) is 0. The average molecular weight is 289 g/mol. The van der Waals surface area contributed by atoms with E-state index in [1.165, 1.54) is 6.20 Å². The van der Waals surface area contributed by atoms with Crippen LogP contribution in [0.15, 0.2) is 11.2 Å². The van der Waals surface area contributed by atoms with Crippen LogP contribution in [0.2, 0.25) is 0 Å². The van der Waals surface area contributed by atoms with Crippen molar-refractivity contribution in [1.29, 1.82) is 0 Å². The zero-order chi connectivity index (χ0) is 14.5. The number of nitrogens with one attached hydrogen (secondary N) is 2. The van der Waals surface area contributed by atoms with Gasteiger partial charge in [0.25, 0.3) is 10.0 Å². The van der Waals surface area contributed by atoms with Gasteiger partial charge < -0.3 is 10.1 Å². The molecule has 0 spiro atoms. The van der Waals surface area contributed by atoms with E-state index in [2.05, 4.69) is 14.7 Å². The number of rotatable bonds is 8. The Labute approximate surface area is 114 Å². The predicted molar refractivity (Wildman–Crippen MR) is 73.3 cm³/mol. The van der Waals surface area contributed by atoms with Gasteiger partial charge in [-0.15, -0.1) is 0 Å². The second kappa shape index (κ2) is 6.49. The van der Waals surface area contributed by atoms with Gasteiger partial charge in [0, 0.05) is 19.6 Å². The van der Waals surface area contributed by atoms with Gasteiger partial charge >= 0.3 is 0 Å². The molecule has 0 atom stereocenters. The molecule has 1 aromatic heterocycles. The number of aryl methyl sites for hydroxylation is 1. The second-order valence-electron chi connectivity index (χ2n) is 5.36. The molecule has 1 aromatic rings. The Morgan fingerprint density at radius 2 is 2.16 bits per heavy atom. The van der Waals surface area contributed by atoms with Crippen LogP contribution in [0, 0.1) is 5.41 Å². The van der Waals surface area contributed by atoms with Gasteiger partial charge in [-0.25, -0.2) is 18.1 Å². The first-order valence-electron chi connectivity index (χ1n) is 6.45. The summed E-state index contributed by atoms with van der Waals surface area (Å²) in [7, 11) is -3.54. The van der Waals surface area contributed by atoms with Crippen molar-refractivity contribution in [3.8, 4) is 0 Å². The maximum atomic E-state index is 12.1. The molecule has 0 aromatic carbocycles. The maximum Gasteiger partial charge on any atom is 0.257 e. The summed E-state index contributed by atoms with van der Waals surface area (Å²) in [4.78, 5) is 6.77. The summed E-state index contributed by atoms with van der Waals surface area (Å²) < 4.78 is 26.7. The Balaban J connectivity index is 2.65. The standard InChI is InChI=1S/C12H23N3O3S/c1-4-10-13-8-11(15-10)19(17,18)14-9-12(2,3)6-5-7-16/h8,14,16H,4-7,9H2,1-3H3,(H,13,15). The monoisotopic (exact) mass is 289 g/mol. The van der Waals surface area contributed by atoms with Crippen LogP contribution < -0.4 is 4.72 Å². The molecular formula is C12H23N3O3S. The Hall–Kier alpha value is -0.920. The number of hydrogen-bond acceptors (Lipinski definition) is 4.